The van der Waals surface area contributed by atoms with Crippen LogP contribution in [0.4, 0.5) is 0 Å². The number of rotatable bonds is 2. The Morgan fingerprint density at radius 3 is 1.77 bits per heavy atom. The summed E-state index contributed by atoms with van der Waals surface area (Å²) >= 11 is 2.38. The minimum absolute atomic E-state index is 0. The summed E-state index contributed by atoms with van der Waals surface area (Å²) in [5.41, 5.74) is 11.2. The average Bonchev–Trinajstić information content (AvgIpc) is 2.97. The predicted molar refractivity (Wildman–Crippen MR) is 119 cm³/mol. The van der Waals surface area contributed by atoms with Gasteiger partial charge in [-0.1, -0.05) is 0 Å². The van der Waals surface area contributed by atoms with Crippen LogP contribution in [-0.2, 0) is 24.2 Å². The third-order valence-electron chi connectivity index (χ3n) is 5.98. The summed E-state index contributed by atoms with van der Waals surface area (Å²) < 4.78 is 0.0434. The molecule has 31 heavy (non-hydrogen) atoms. The number of benzene rings is 4. The molecule has 5 rings (SSSR count). The fraction of sp³-hybridized carbons (Fsp3) is 0.0769. The molecular formula is C26H21Cl3SiTi. The molecule has 0 amide bonds. The first-order valence-electron chi connectivity index (χ1n) is 9.73. The molecule has 0 nitrogen and oxygen atoms in total. The van der Waals surface area contributed by atoms with Gasteiger partial charge in [0.2, 0.25) is 0 Å². The van der Waals surface area contributed by atoms with Gasteiger partial charge in [0.15, 0.2) is 0 Å². The first-order chi connectivity index (χ1) is 13.6. The smallest absolute Gasteiger partial charge is 1.00 e. The maximum atomic E-state index is 2.45. The molecular weight excluding hydrogens is 495 g/mol. The second kappa shape index (κ2) is 10.1. The average molecular weight is 516 g/mol. The van der Waals surface area contributed by atoms with Gasteiger partial charge in [0, 0.05) is 0 Å². The van der Waals surface area contributed by atoms with Crippen LogP contribution in [0.5, 0.6) is 0 Å². The van der Waals surface area contributed by atoms with Gasteiger partial charge in [-0.15, -0.1) is 0 Å². The van der Waals surface area contributed by atoms with Gasteiger partial charge in [-0.25, -0.2) is 0 Å². The zero-order valence-corrected chi connectivity index (χ0v) is 23.1. The van der Waals surface area contributed by atoms with E-state index in [0.29, 0.717) is 0 Å². The molecule has 0 saturated carbocycles. The van der Waals surface area contributed by atoms with E-state index in [1.165, 1.54) is 49.7 Å². The van der Waals surface area contributed by atoms with E-state index in [1.54, 1.807) is 0 Å². The van der Waals surface area contributed by atoms with Crippen LogP contribution in [0.15, 0.2) is 91.0 Å². The second-order valence-corrected chi connectivity index (χ2v) is 10.3. The van der Waals surface area contributed by atoms with Crippen molar-refractivity contribution in [2.24, 2.45) is 0 Å². The molecule has 0 spiro atoms. The van der Waals surface area contributed by atoms with Gasteiger partial charge in [0.1, 0.15) is 0 Å². The van der Waals surface area contributed by atoms with Gasteiger partial charge >= 0.3 is 182 Å². The van der Waals surface area contributed by atoms with Crippen molar-refractivity contribution in [1.29, 1.82) is 0 Å². The molecule has 0 bridgehead atoms. The van der Waals surface area contributed by atoms with Crippen LogP contribution in [0.2, 0.25) is 0 Å². The van der Waals surface area contributed by atoms with Gasteiger partial charge in [0.25, 0.3) is 0 Å². The molecule has 0 fully saturated rings. The molecule has 0 aromatic heterocycles. The largest absolute Gasteiger partial charge is 1.00 e. The Hall–Kier alpha value is -1.32. The van der Waals surface area contributed by atoms with Gasteiger partial charge < -0.3 is 37.2 Å². The van der Waals surface area contributed by atoms with Crippen molar-refractivity contribution in [1.82, 2.24) is 0 Å². The molecule has 1 atom stereocenters. The fourth-order valence-corrected chi connectivity index (χ4v) is 7.35. The summed E-state index contributed by atoms with van der Waals surface area (Å²) in [5.74, 6) is 0. The van der Waals surface area contributed by atoms with Crippen LogP contribution in [0.25, 0.3) is 33.4 Å². The molecule has 0 saturated heterocycles. The molecule has 0 radical (unpaired) electrons. The van der Waals surface area contributed by atoms with Gasteiger partial charge in [-0.3, -0.25) is 0 Å². The summed E-state index contributed by atoms with van der Waals surface area (Å²) in [4.78, 5) is 0. The maximum absolute atomic E-state index is 2.45. The first-order valence-corrected chi connectivity index (χ1v) is 11.5. The van der Waals surface area contributed by atoms with Crippen LogP contribution >= 0.6 is 0 Å². The van der Waals surface area contributed by atoms with E-state index in [9.17, 15) is 0 Å². The van der Waals surface area contributed by atoms with Gasteiger partial charge in [0.05, 0.1) is 0 Å². The summed E-state index contributed by atoms with van der Waals surface area (Å²) in [5, 5.41) is 1.53. The van der Waals surface area contributed by atoms with Crippen molar-refractivity contribution in [3.8, 4) is 33.4 Å². The van der Waals surface area contributed by atoms with Gasteiger partial charge in [-0.05, 0) is 0 Å². The normalized spacial score (nSPS) is 15.7. The van der Waals surface area contributed by atoms with E-state index in [0.717, 1.165) is 10.2 Å². The molecule has 154 valence electrons. The second-order valence-electron chi connectivity index (χ2n) is 7.75. The molecule has 0 heterocycles. The fourth-order valence-electron chi connectivity index (χ4n) is 4.79. The zero-order valence-electron chi connectivity index (χ0n) is 17.3. The van der Waals surface area contributed by atoms with Crippen LogP contribution in [-0.4, -0.2) is 10.2 Å². The topological polar surface area (TPSA) is 0 Å². The zero-order chi connectivity index (χ0) is 19.3. The molecule has 0 aliphatic heterocycles. The molecule has 1 aliphatic carbocycles. The monoisotopic (exact) mass is 514 g/mol. The van der Waals surface area contributed by atoms with E-state index in [1.807, 2.05) is 0 Å². The van der Waals surface area contributed by atoms with Crippen LogP contribution in [0, 0.1) is 0 Å². The van der Waals surface area contributed by atoms with Crippen molar-refractivity contribution in [2.45, 2.75) is 10.6 Å². The summed E-state index contributed by atoms with van der Waals surface area (Å²) in [6.07, 6.45) is 0. The van der Waals surface area contributed by atoms with E-state index >= 15 is 0 Å². The molecule has 5 heteroatoms. The Morgan fingerprint density at radius 1 is 0.645 bits per heavy atom. The Kier molecular flexibility index (Phi) is 8.44. The quantitative estimate of drug-likeness (QED) is 0.238. The van der Waals surface area contributed by atoms with Crippen molar-refractivity contribution in [2.75, 3.05) is 0 Å². The molecule has 0 N–H and O–H groups in total. The predicted octanol–water partition coefficient (Wildman–Crippen LogP) is -4.19. The third kappa shape index (κ3) is 4.21. The third-order valence-corrected chi connectivity index (χ3v) is 7.79. The van der Waals surface area contributed by atoms with Crippen molar-refractivity contribution >= 4 is 15.4 Å². The molecule has 4 aromatic rings. The first kappa shape index (κ1) is 25.9. The summed E-state index contributed by atoms with van der Waals surface area (Å²) in [6.45, 7) is 2.38. The SMILES string of the molecule is C[C]1([Ti+3])c2ccccc2-c2cc(-c3ccccc3)c(-c3ccccc3)c([SiH3])c21.[Cl-].[Cl-].[Cl-]. The van der Waals surface area contributed by atoms with Gasteiger partial charge in [-0.2, -0.15) is 0 Å². The van der Waals surface area contributed by atoms with Crippen molar-refractivity contribution in [3.63, 3.8) is 0 Å². The minimum atomic E-state index is 0. The Labute approximate surface area is 217 Å². The summed E-state index contributed by atoms with van der Waals surface area (Å²) in [6, 6.07) is 33.2. The van der Waals surface area contributed by atoms with E-state index in [-0.39, 0.29) is 40.9 Å². The summed E-state index contributed by atoms with van der Waals surface area (Å²) in [7, 11) is 1.01. The number of fused-ring (bicyclic) bond motifs is 3. The van der Waals surface area contributed by atoms with Crippen LogP contribution in [0.1, 0.15) is 18.1 Å². The maximum Gasteiger partial charge on any atom is -1.00 e. The Morgan fingerprint density at radius 2 is 1.16 bits per heavy atom. The van der Waals surface area contributed by atoms with Crippen LogP contribution < -0.4 is 42.4 Å². The standard InChI is InChI=1S/C26H21Si.3ClH.Ti/c1-17-20-14-8-9-15-21(20)23-16-22(18-10-4-2-5-11-18)25(26(27)24(17)23)19-12-6-3-7-13-19;;;;/h2-16H,1,27H3;3*1H;/q;;;;+3/p-3. The van der Waals surface area contributed by atoms with E-state index < -0.39 is 0 Å². The number of hydrogen-bond acceptors (Lipinski definition) is 0. The Bertz CT molecular complexity index is 1190. The molecule has 4 aromatic carbocycles. The Balaban J connectivity index is 0.00000114. The molecule has 1 unspecified atom stereocenters. The molecule has 1 aliphatic rings. The van der Waals surface area contributed by atoms with Crippen LogP contribution in [0.3, 0.4) is 0 Å². The number of halogens is 3. The van der Waals surface area contributed by atoms with Crippen molar-refractivity contribution < 1.29 is 57.7 Å². The van der Waals surface area contributed by atoms with E-state index in [2.05, 4.69) is 118 Å². The van der Waals surface area contributed by atoms with Crippen molar-refractivity contribution in [3.05, 3.63) is 102 Å². The minimum Gasteiger partial charge on any atom is -1.00 e. The number of hydrogen-bond donors (Lipinski definition) is 0. The van der Waals surface area contributed by atoms with E-state index in [4.69, 9.17) is 0 Å².